The van der Waals surface area contributed by atoms with Crippen molar-refractivity contribution in [3.63, 3.8) is 0 Å². The minimum atomic E-state index is -0.224. The molecule has 7 heteroatoms. The Kier molecular flexibility index (Phi) is 7.53. The third-order valence-corrected chi connectivity index (χ3v) is 5.89. The molecule has 0 heterocycles. The average Bonchev–Trinajstić information content (AvgIpc) is 3.21. The van der Waals surface area contributed by atoms with Crippen LogP contribution in [-0.2, 0) is 4.79 Å². The van der Waals surface area contributed by atoms with Crippen molar-refractivity contribution < 1.29 is 9.59 Å². The number of para-hydroxylation sites is 1. The van der Waals surface area contributed by atoms with Crippen molar-refractivity contribution >= 4 is 40.7 Å². The molecule has 1 aliphatic carbocycles. The summed E-state index contributed by atoms with van der Waals surface area (Å²) in [6, 6.07) is 12.6. The van der Waals surface area contributed by atoms with Crippen molar-refractivity contribution in [2.24, 2.45) is 0 Å². The van der Waals surface area contributed by atoms with E-state index in [9.17, 15) is 9.59 Å². The van der Waals surface area contributed by atoms with Gasteiger partial charge in [-0.25, -0.2) is 0 Å². The minimum absolute atomic E-state index is 0.0866. The Morgan fingerprint density at radius 1 is 1.07 bits per heavy atom. The number of nitrogens with one attached hydrogen (secondary N) is 3. The molecule has 2 amide bonds. The summed E-state index contributed by atoms with van der Waals surface area (Å²) in [5.41, 5.74) is 1.92. The first-order valence-corrected chi connectivity index (χ1v) is 10.6. The van der Waals surface area contributed by atoms with Gasteiger partial charge < -0.3 is 16.0 Å². The van der Waals surface area contributed by atoms with Gasteiger partial charge in [-0.3, -0.25) is 9.59 Å². The Bertz CT molecular complexity index is 882. The van der Waals surface area contributed by atoms with E-state index >= 15 is 0 Å². The maximum absolute atomic E-state index is 12.6. The van der Waals surface area contributed by atoms with Crippen molar-refractivity contribution in [2.45, 2.75) is 44.7 Å². The van der Waals surface area contributed by atoms with Crippen LogP contribution < -0.4 is 16.0 Å². The minimum Gasteiger partial charge on any atom is -0.349 e. The van der Waals surface area contributed by atoms with Gasteiger partial charge in [0.1, 0.15) is 0 Å². The van der Waals surface area contributed by atoms with Gasteiger partial charge in [0.25, 0.3) is 5.91 Å². The quantitative estimate of drug-likeness (QED) is 0.577. The highest BCUT2D eigenvalue weighted by atomic mass is 35.5. The highest BCUT2D eigenvalue weighted by molar-refractivity contribution is 6.42. The molecular formula is C22H25Cl2N3O2. The Morgan fingerprint density at radius 2 is 1.79 bits per heavy atom. The lowest BCUT2D eigenvalue weighted by Crippen LogP contribution is -2.34. The van der Waals surface area contributed by atoms with Crippen LogP contribution in [0.1, 0.15) is 54.6 Å². The normalized spacial score (nSPS) is 15.1. The molecule has 2 aromatic carbocycles. The molecule has 0 saturated heterocycles. The zero-order chi connectivity index (χ0) is 20.8. The Labute approximate surface area is 181 Å². The summed E-state index contributed by atoms with van der Waals surface area (Å²) in [4.78, 5) is 25.0. The summed E-state index contributed by atoms with van der Waals surface area (Å²) in [5.74, 6) is -0.372. The molecule has 2 aromatic rings. The van der Waals surface area contributed by atoms with Crippen molar-refractivity contribution in [3.05, 3.63) is 63.6 Å². The van der Waals surface area contributed by atoms with Gasteiger partial charge in [-0.15, -0.1) is 0 Å². The van der Waals surface area contributed by atoms with E-state index in [1.807, 2.05) is 13.0 Å². The predicted octanol–water partition coefficient (Wildman–Crippen LogP) is 4.96. The molecule has 3 N–H and O–H groups in total. The van der Waals surface area contributed by atoms with E-state index in [0.29, 0.717) is 21.3 Å². The third-order valence-electron chi connectivity index (χ3n) is 5.15. The van der Waals surface area contributed by atoms with Crippen molar-refractivity contribution in [3.8, 4) is 0 Å². The fourth-order valence-electron chi connectivity index (χ4n) is 3.46. The van der Waals surface area contributed by atoms with Crippen LogP contribution in [-0.4, -0.2) is 24.4 Å². The van der Waals surface area contributed by atoms with E-state index < -0.39 is 0 Å². The number of benzene rings is 2. The highest BCUT2D eigenvalue weighted by Crippen LogP contribution is 2.25. The molecule has 1 atom stereocenters. The van der Waals surface area contributed by atoms with Crippen LogP contribution in [0.4, 0.5) is 5.69 Å². The molecule has 0 unspecified atom stereocenters. The molecular weight excluding hydrogens is 409 g/mol. The van der Waals surface area contributed by atoms with E-state index in [4.69, 9.17) is 23.2 Å². The van der Waals surface area contributed by atoms with E-state index in [0.717, 1.165) is 31.2 Å². The molecule has 154 valence electrons. The monoisotopic (exact) mass is 433 g/mol. The van der Waals surface area contributed by atoms with Gasteiger partial charge in [0.05, 0.1) is 27.8 Å². The molecule has 29 heavy (non-hydrogen) atoms. The van der Waals surface area contributed by atoms with Crippen LogP contribution in [0.2, 0.25) is 10.0 Å². The standard InChI is InChI=1S/C22H25Cl2N3O2/c1-14(15-10-11-18(23)19(24)12-15)25-13-21(28)27-20-9-5-4-8-17(20)22(29)26-16-6-2-3-7-16/h4-5,8-12,14,16,25H,2-3,6-7,13H2,1H3,(H,26,29)(H,27,28)/t14-/m0/s1. The van der Waals surface area contributed by atoms with Gasteiger partial charge in [-0.1, -0.05) is 54.2 Å². The molecule has 0 bridgehead atoms. The molecule has 1 fully saturated rings. The first-order valence-electron chi connectivity index (χ1n) is 9.82. The second kappa shape index (κ2) is 10.1. The van der Waals surface area contributed by atoms with Crippen LogP contribution in [0.5, 0.6) is 0 Å². The third kappa shape index (κ3) is 5.95. The molecule has 1 aliphatic rings. The second-order valence-corrected chi connectivity index (χ2v) is 8.14. The largest absolute Gasteiger partial charge is 0.349 e. The molecule has 0 radical (unpaired) electrons. The van der Waals surface area contributed by atoms with Crippen LogP contribution in [0.3, 0.4) is 0 Å². The van der Waals surface area contributed by atoms with Gasteiger partial charge in [-0.05, 0) is 49.6 Å². The van der Waals surface area contributed by atoms with Crippen LogP contribution >= 0.6 is 23.2 Å². The summed E-state index contributed by atoms with van der Waals surface area (Å²) < 4.78 is 0. The number of halogens is 2. The lowest BCUT2D eigenvalue weighted by atomic mass is 10.1. The topological polar surface area (TPSA) is 70.2 Å². The zero-order valence-electron chi connectivity index (χ0n) is 16.3. The number of hydrogen-bond acceptors (Lipinski definition) is 3. The summed E-state index contributed by atoms with van der Waals surface area (Å²) >= 11 is 12.0. The molecule has 1 saturated carbocycles. The second-order valence-electron chi connectivity index (χ2n) is 7.32. The fourth-order valence-corrected chi connectivity index (χ4v) is 3.77. The summed E-state index contributed by atoms with van der Waals surface area (Å²) in [6.07, 6.45) is 4.31. The van der Waals surface area contributed by atoms with E-state index in [1.165, 1.54) is 0 Å². The first-order chi connectivity index (χ1) is 13.9. The molecule has 0 spiro atoms. The smallest absolute Gasteiger partial charge is 0.253 e. The summed E-state index contributed by atoms with van der Waals surface area (Å²) in [6.45, 7) is 2.04. The van der Waals surface area contributed by atoms with Crippen molar-refractivity contribution in [1.82, 2.24) is 10.6 Å². The molecule has 5 nitrogen and oxygen atoms in total. The first kappa shape index (κ1) is 21.6. The lowest BCUT2D eigenvalue weighted by Gasteiger charge is -2.17. The van der Waals surface area contributed by atoms with Gasteiger partial charge in [0, 0.05) is 12.1 Å². The predicted molar refractivity (Wildman–Crippen MR) is 118 cm³/mol. The summed E-state index contributed by atoms with van der Waals surface area (Å²) in [7, 11) is 0. The van der Waals surface area contributed by atoms with Gasteiger partial charge in [0.15, 0.2) is 0 Å². The van der Waals surface area contributed by atoms with Crippen molar-refractivity contribution in [2.75, 3.05) is 11.9 Å². The molecule has 0 aromatic heterocycles. The number of rotatable bonds is 7. The number of anilines is 1. The van der Waals surface area contributed by atoms with Crippen LogP contribution in [0.25, 0.3) is 0 Å². The van der Waals surface area contributed by atoms with E-state index in [-0.39, 0.29) is 30.4 Å². The number of hydrogen-bond donors (Lipinski definition) is 3. The maximum Gasteiger partial charge on any atom is 0.253 e. The Morgan fingerprint density at radius 3 is 2.52 bits per heavy atom. The zero-order valence-corrected chi connectivity index (χ0v) is 17.8. The maximum atomic E-state index is 12.6. The Balaban J connectivity index is 1.57. The van der Waals surface area contributed by atoms with E-state index in [2.05, 4.69) is 16.0 Å². The fraction of sp³-hybridized carbons (Fsp3) is 0.364. The number of carbonyl (C=O) groups is 2. The highest BCUT2D eigenvalue weighted by Gasteiger charge is 2.20. The summed E-state index contributed by atoms with van der Waals surface area (Å²) in [5, 5.41) is 10.0. The molecule has 3 rings (SSSR count). The van der Waals surface area contributed by atoms with E-state index in [1.54, 1.807) is 36.4 Å². The van der Waals surface area contributed by atoms with Gasteiger partial charge >= 0.3 is 0 Å². The SMILES string of the molecule is C[C@H](NCC(=O)Nc1ccccc1C(=O)NC1CCCC1)c1ccc(Cl)c(Cl)c1. The Hall–Kier alpha value is -2.08. The molecule has 0 aliphatic heterocycles. The number of amides is 2. The van der Waals surface area contributed by atoms with Gasteiger partial charge in [0.2, 0.25) is 5.91 Å². The number of carbonyl (C=O) groups excluding carboxylic acids is 2. The average molecular weight is 434 g/mol. The lowest BCUT2D eigenvalue weighted by molar-refractivity contribution is -0.115. The van der Waals surface area contributed by atoms with Crippen LogP contribution in [0.15, 0.2) is 42.5 Å². The van der Waals surface area contributed by atoms with Crippen LogP contribution in [0, 0.1) is 0 Å². The van der Waals surface area contributed by atoms with Crippen molar-refractivity contribution in [1.29, 1.82) is 0 Å². The van der Waals surface area contributed by atoms with Gasteiger partial charge in [-0.2, -0.15) is 0 Å².